The van der Waals surface area contributed by atoms with Gasteiger partial charge in [0.15, 0.2) is 0 Å². The summed E-state index contributed by atoms with van der Waals surface area (Å²) in [5.74, 6) is -0.154. The fraction of sp³-hybridized carbons (Fsp3) is 0.667. The minimum atomic E-state index is -4.39. The summed E-state index contributed by atoms with van der Waals surface area (Å²) in [4.78, 5) is 16.6. The molecule has 1 aromatic carbocycles. The Labute approximate surface area is 220 Å². The Morgan fingerprint density at radius 3 is 2.00 bits per heavy atom. The van der Waals surface area contributed by atoms with Crippen LogP contribution >= 0.6 is 11.3 Å². The first kappa shape index (κ1) is 28.7. The van der Waals surface area contributed by atoms with Gasteiger partial charge < -0.3 is 0 Å². The third kappa shape index (κ3) is 8.92. The van der Waals surface area contributed by atoms with Gasteiger partial charge in [-0.3, -0.25) is 9.35 Å². The van der Waals surface area contributed by atoms with Gasteiger partial charge in [-0.25, -0.2) is 4.98 Å². The number of amides is 1. The van der Waals surface area contributed by atoms with Crippen LogP contribution in [0.5, 0.6) is 0 Å². The molecule has 0 spiro atoms. The monoisotopic (exact) mass is 535 g/mol. The van der Waals surface area contributed by atoms with Crippen molar-refractivity contribution in [3.05, 3.63) is 18.2 Å². The van der Waals surface area contributed by atoms with Gasteiger partial charge in [-0.1, -0.05) is 114 Å². The van der Waals surface area contributed by atoms with Crippen molar-refractivity contribution >= 4 is 48.4 Å². The number of anilines is 1. The minimum absolute atomic E-state index is 0.154. The molecular formula is C27H41N3O4S2. The number of para-hydroxylation sites is 1. The molecule has 1 aliphatic rings. The topological polar surface area (TPSA) is 99.9 Å². The van der Waals surface area contributed by atoms with Gasteiger partial charge in [0.2, 0.25) is 5.13 Å². The van der Waals surface area contributed by atoms with E-state index >= 15 is 0 Å². The number of aromatic nitrogens is 1. The van der Waals surface area contributed by atoms with Crippen LogP contribution in [0.1, 0.15) is 116 Å². The van der Waals surface area contributed by atoms with E-state index < -0.39 is 10.1 Å². The summed E-state index contributed by atoms with van der Waals surface area (Å²) in [6.45, 7) is 2.26. The summed E-state index contributed by atoms with van der Waals surface area (Å²) in [7, 11) is -4.39. The molecule has 0 bridgehead atoms. The van der Waals surface area contributed by atoms with E-state index in [-0.39, 0.29) is 22.7 Å². The first-order valence-corrected chi connectivity index (χ1v) is 15.9. The number of hydrogen-bond acceptors (Lipinski definition) is 6. The van der Waals surface area contributed by atoms with Gasteiger partial charge >= 0.3 is 0 Å². The number of hydrogen-bond donors (Lipinski definition) is 1. The van der Waals surface area contributed by atoms with Crippen LogP contribution in [0.3, 0.4) is 0 Å². The van der Waals surface area contributed by atoms with Crippen molar-refractivity contribution in [3.8, 4) is 0 Å². The van der Waals surface area contributed by atoms with Crippen LogP contribution in [0.4, 0.5) is 5.13 Å². The second kappa shape index (κ2) is 14.8. The Balaban J connectivity index is 1.30. The van der Waals surface area contributed by atoms with E-state index in [4.69, 9.17) is 0 Å². The lowest BCUT2D eigenvalue weighted by atomic mass is 10.0. The largest absolute Gasteiger partial charge is 0.296 e. The van der Waals surface area contributed by atoms with Crippen LogP contribution in [0, 0.1) is 0 Å². The molecular weight excluding hydrogens is 494 g/mol. The average molecular weight is 536 g/mol. The maximum atomic E-state index is 12.5. The molecule has 2 heterocycles. The lowest BCUT2D eigenvalue weighted by Crippen LogP contribution is -2.19. The zero-order valence-corrected chi connectivity index (χ0v) is 23.2. The number of rotatable bonds is 18. The van der Waals surface area contributed by atoms with Crippen LogP contribution in [-0.2, 0) is 14.9 Å². The lowest BCUT2D eigenvalue weighted by molar-refractivity contribution is -0.116. The fourth-order valence-corrected chi connectivity index (χ4v) is 6.36. The Morgan fingerprint density at radius 1 is 0.889 bits per heavy atom. The van der Waals surface area contributed by atoms with E-state index in [0.717, 1.165) is 25.0 Å². The zero-order chi connectivity index (χ0) is 25.8. The highest BCUT2D eigenvalue weighted by atomic mass is 32.2. The van der Waals surface area contributed by atoms with E-state index in [1.54, 1.807) is 12.1 Å². The van der Waals surface area contributed by atoms with Gasteiger partial charge in [0.25, 0.3) is 16.0 Å². The third-order valence-corrected chi connectivity index (χ3v) is 8.61. The quantitative estimate of drug-likeness (QED) is 0.154. The molecule has 2 aromatic rings. The molecule has 1 aliphatic heterocycles. The number of fused-ring (bicyclic) bond motifs is 1. The smallest absolute Gasteiger partial charge is 0.282 e. The molecule has 0 saturated carbocycles. The summed E-state index contributed by atoms with van der Waals surface area (Å²) in [6.07, 6.45) is 20.8. The molecule has 0 saturated heterocycles. The summed E-state index contributed by atoms with van der Waals surface area (Å²) in [5, 5.41) is 6.07. The predicted molar refractivity (Wildman–Crippen MR) is 149 cm³/mol. The summed E-state index contributed by atoms with van der Waals surface area (Å²) < 4.78 is 33.3. The number of unbranched alkanes of at least 4 members (excludes halogenated alkanes) is 14. The van der Waals surface area contributed by atoms with Gasteiger partial charge in [-0.15, -0.1) is 0 Å². The van der Waals surface area contributed by atoms with E-state index in [1.165, 1.54) is 106 Å². The van der Waals surface area contributed by atoms with Crippen LogP contribution in [0.25, 0.3) is 10.2 Å². The van der Waals surface area contributed by atoms with Crippen molar-refractivity contribution < 1.29 is 17.8 Å². The normalized spacial score (nSPS) is 14.2. The van der Waals surface area contributed by atoms with Gasteiger partial charge in [-0.2, -0.15) is 18.5 Å². The number of nitrogens with zero attached hydrogens (tertiary/aromatic N) is 3. The standard InChI is InChI=1S/C27H41N3O4S2/c1-2-3-4-5-6-7-8-9-10-11-12-13-14-15-16-18-22-21-25(31)30(29-22)27-28-26-23(35-27)19-17-20-24(26)36(32,33)34/h17,19-20H,2-16,18,21H2,1H3,(H,32,33,34). The average Bonchev–Trinajstić information content (AvgIpc) is 3.43. The minimum Gasteiger partial charge on any atom is -0.282 e. The molecule has 36 heavy (non-hydrogen) atoms. The molecule has 1 aromatic heterocycles. The van der Waals surface area contributed by atoms with Crippen molar-refractivity contribution in [2.45, 2.75) is 121 Å². The molecule has 0 unspecified atom stereocenters. The summed E-state index contributed by atoms with van der Waals surface area (Å²) in [6, 6.07) is 4.56. The predicted octanol–water partition coefficient (Wildman–Crippen LogP) is 7.90. The fourth-order valence-electron chi connectivity index (χ4n) is 4.68. The Bertz CT molecular complexity index is 1110. The van der Waals surface area contributed by atoms with Gasteiger partial charge in [0.1, 0.15) is 10.4 Å². The van der Waals surface area contributed by atoms with E-state index in [1.807, 2.05) is 0 Å². The molecule has 200 valence electrons. The van der Waals surface area contributed by atoms with E-state index in [0.29, 0.717) is 9.83 Å². The molecule has 0 fully saturated rings. The Kier molecular flexibility index (Phi) is 11.8. The number of benzene rings is 1. The Morgan fingerprint density at radius 2 is 1.44 bits per heavy atom. The molecule has 0 aliphatic carbocycles. The second-order valence-electron chi connectivity index (χ2n) is 9.82. The highest BCUT2D eigenvalue weighted by molar-refractivity contribution is 7.86. The molecule has 9 heteroatoms. The first-order chi connectivity index (χ1) is 17.4. The lowest BCUT2D eigenvalue weighted by Gasteiger charge is -2.05. The van der Waals surface area contributed by atoms with E-state index in [9.17, 15) is 17.8 Å². The van der Waals surface area contributed by atoms with Gasteiger partial charge in [0, 0.05) is 5.71 Å². The van der Waals surface area contributed by atoms with Crippen molar-refractivity contribution in [2.24, 2.45) is 5.10 Å². The second-order valence-corrected chi connectivity index (χ2v) is 12.2. The molecule has 1 amide bonds. The molecule has 7 nitrogen and oxygen atoms in total. The number of hydrazone groups is 1. The summed E-state index contributed by atoms with van der Waals surface area (Å²) in [5.41, 5.74) is 1.02. The zero-order valence-electron chi connectivity index (χ0n) is 21.6. The van der Waals surface area contributed by atoms with Crippen molar-refractivity contribution in [2.75, 3.05) is 5.01 Å². The van der Waals surface area contributed by atoms with E-state index in [2.05, 4.69) is 17.0 Å². The molecule has 0 atom stereocenters. The summed E-state index contributed by atoms with van der Waals surface area (Å²) >= 11 is 1.19. The number of carbonyl (C=O) groups is 1. The third-order valence-electron chi connectivity index (χ3n) is 6.73. The van der Waals surface area contributed by atoms with Crippen molar-refractivity contribution in [1.82, 2.24) is 4.98 Å². The Hall–Kier alpha value is -1.84. The maximum Gasteiger partial charge on any atom is 0.296 e. The highest BCUT2D eigenvalue weighted by Crippen LogP contribution is 2.34. The van der Waals surface area contributed by atoms with Crippen LogP contribution in [0.2, 0.25) is 0 Å². The van der Waals surface area contributed by atoms with Crippen LogP contribution < -0.4 is 5.01 Å². The number of thiazole rings is 1. The van der Waals surface area contributed by atoms with Gasteiger partial charge in [0.05, 0.1) is 11.1 Å². The maximum absolute atomic E-state index is 12.5. The van der Waals surface area contributed by atoms with Gasteiger partial charge in [-0.05, 0) is 25.0 Å². The van der Waals surface area contributed by atoms with Crippen LogP contribution in [-0.4, -0.2) is 29.6 Å². The first-order valence-electron chi connectivity index (χ1n) is 13.7. The SMILES string of the molecule is CCCCCCCCCCCCCCCCCC1=NN(c2nc3c(S(=O)(=O)O)cccc3s2)C(=O)C1. The van der Waals surface area contributed by atoms with Crippen molar-refractivity contribution in [3.63, 3.8) is 0 Å². The number of carbonyl (C=O) groups excluding carboxylic acids is 1. The highest BCUT2D eigenvalue weighted by Gasteiger charge is 2.28. The van der Waals surface area contributed by atoms with Crippen LogP contribution in [0.15, 0.2) is 28.2 Å². The molecule has 3 rings (SSSR count). The molecule has 1 N–H and O–H groups in total. The van der Waals surface area contributed by atoms with Crippen molar-refractivity contribution in [1.29, 1.82) is 0 Å². The molecule has 0 radical (unpaired) electrons.